The van der Waals surface area contributed by atoms with E-state index in [9.17, 15) is 4.79 Å². The maximum absolute atomic E-state index is 12.4. The molecule has 6 heteroatoms. The van der Waals surface area contributed by atoms with Crippen LogP contribution in [0.3, 0.4) is 0 Å². The van der Waals surface area contributed by atoms with Gasteiger partial charge in [0.2, 0.25) is 6.79 Å². The molecule has 0 bridgehead atoms. The van der Waals surface area contributed by atoms with Gasteiger partial charge in [-0.05, 0) is 37.1 Å². The fourth-order valence-corrected chi connectivity index (χ4v) is 2.72. The molecule has 0 spiro atoms. The lowest BCUT2D eigenvalue weighted by Gasteiger charge is -2.13. The minimum absolute atomic E-state index is 0.155. The summed E-state index contributed by atoms with van der Waals surface area (Å²) in [5.74, 6) is 1.21. The predicted octanol–water partition coefficient (Wildman–Crippen LogP) is 2.77. The van der Waals surface area contributed by atoms with Crippen molar-refractivity contribution >= 4 is 11.6 Å². The molecule has 0 atom stereocenters. The lowest BCUT2D eigenvalue weighted by atomic mass is 10.1. The highest BCUT2D eigenvalue weighted by Crippen LogP contribution is 2.37. The Hall–Kier alpha value is -2.45. The molecule has 0 saturated heterocycles. The highest BCUT2D eigenvalue weighted by Gasteiger charge is 2.18. The van der Waals surface area contributed by atoms with Gasteiger partial charge in [0.05, 0.1) is 6.54 Å². The number of nitrogens with zero attached hydrogens (tertiary/aromatic N) is 2. The Morgan fingerprint density at radius 2 is 1.95 bits per heavy atom. The van der Waals surface area contributed by atoms with Gasteiger partial charge in [-0.1, -0.05) is 11.6 Å². The van der Waals surface area contributed by atoms with Crippen LogP contribution in [-0.2, 0) is 6.54 Å². The number of nitriles is 1. The number of benzene rings is 1. The largest absolute Gasteiger partial charge is 0.454 e. The lowest BCUT2D eigenvalue weighted by Crippen LogP contribution is -2.26. The first kappa shape index (κ1) is 14.5. The molecular formula is C16H13ClN2O3. The Morgan fingerprint density at radius 3 is 2.64 bits per heavy atom. The average molecular weight is 317 g/mol. The molecule has 0 aliphatic carbocycles. The summed E-state index contributed by atoms with van der Waals surface area (Å²) in [6.07, 6.45) is 0. The van der Waals surface area contributed by atoms with Gasteiger partial charge in [-0.3, -0.25) is 4.79 Å². The summed E-state index contributed by atoms with van der Waals surface area (Å²) in [7, 11) is 0. The maximum atomic E-state index is 12.4. The quantitative estimate of drug-likeness (QED) is 0.854. The van der Waals surface area contributed by atoms with Gasteiger partial charge in [-0.25, -0.2) is 0 Å². The average Bonchev–Trinajstić information content (AvgIpc) is 2.90. The van der Waals surface area contributed by atoms with Crippen molar-refractivity contribution < 1.29 is 9.47 Å². The summed E-state index contributed by atoms with van der Waals surface area (Å²) in [5, 5.41) is 9.63. The molecule has 2 heterocycles. The number of hydrogen-bond acceptors (Lipinski definition) is 4. The van der Waals surface area contributed by atoms with Crippen LogP contribution in [0.1, 0.15) is 22.4 Å². The fourth-order valence-electron chi connectivity index (χ4n) is 2.51. The number of halogens is 1. The minimum Gasteiger partial charge on any atom is -0.454 e. The zero-order valence-corrected chi connectivity index (χ0v) is 12.9. The van der Waals surface area contributed by atoms with E-state index < -0.39 is 0 Å². The van der Waals surface area contributed by atoms with Crippen LogP contribution in [0.4, 0.5) is 0 Å². The van der Waals surface area contributed by atoms with E-state index in [0.29, 0.717) is 22.1 Å². The van der Waals surface area contributed by atoms with Gasteiger partial charge >= 0.3 is 0 Å². The Morgan fingerprint density at radius 1 is 1.27 bits per heavy atom. The van der Waals surface area contributed by atoms with Crippen LogP contribution in [-0.4, -0.2) is 11.4 Å². The van der Waals surface area contributed by atoms with Crippen molar-refractivity contribution in [2.45, 2.75) is 20.4 Å². The Kier molecular flexibility index (Phi) is 3.55. The second-order valence-corrected chi connectivity index (χ2v) is 5.55. The van der Waals surface area contributed by atoms with Crippen molar-refractivity contribution in [1.82, 2.24) is 4.57 Å². The molecule has 1 aliphatic heterocycles. The topological polar surface area (TPSA) is 64.2 Å². The molecule has 1 aromatic carbocycles. The third kappa shape index (κ3) is 2.32. The Labute approximate surface area is 132 Å². The van der Waals surface area contributed by atoms with Gasteiger partial charge in [0.15, 0.2) is 11.5 Å². The van der Waals surface area contributed by atoms with E-state index >= 15 is 0 Å². The summed E-state index contributed by atoms with van der Waals surface area (Å²) in [5.41, 5.74) is 2.04. The SMILES string of the molecule is Cc1cc(C)n(Cc2cc3c(cc2Cl)OCO3)c(=O)c1C#N. The van der Waals surface area contributed by atoms with Crippen LogP contribution in [0.15, 0.2) is 23.0 Å². The van der Waals surface area contributed by atoms with Crippen molar-refractivity contribution in [2.75, 3.05) is 6.79 Å². The summed E-state index contributed by atoms with van der Waals surface area (Å²) in [4.78, 5) is 12.4. The van der Waals surface area contributed by atoms with Crippen LogP contribution >= 0.6 is 11.6 Å². The van der Waals surface area contributed by atoms with Crippen LogP contribution in [0.25, 0.3) is 0 Å². The van der Waals surface area contributed by atoms with Crippen molar-refractivity contribution in [1.29, 1.82) is 5.26 Å². The number of aromatic nitrogens is 1. The van der Waals surface area contributed by atoms with Crippen LogP contribution in [0.5, 0.6) is 11.5 Å². The molecule has 0 amide bonds. The Balaban J connectivity index is 2.08. The highest BCUT2D eigenvalue weighted by atomic mass is 35.5. The molecule has 2 aromatic rings. The van der Waals surface area contributed by atoms with Gasteiger partial charge in [-0.2, -0.15) is 5.26 Å². The van der Waals surface area contributed by atoms with Gasteiger partial charge in [0, 0.05) is 16.8 Å². The monoisotopic (exact) mass is 316 g/mol. The number of pyridine rings is 1. The van der Waals surface area contributed by atoms with E-state index in [-0.39, 0.29) is 24.5 Å². The predicted molar refractivity (Wildman–Crippen MR) is 81.6 cm³/mol. The van der Waals surface area contributed by atoms with E-state index in [1.165, 1.54) is 4.57 Å². The second kappa shape index (κ2) is 5.39. The summed E-state index contributed by atoms with van der Waals surface area (Å²) in [6.45, 7) is 4.02. The van der Waals surface area contributed by atoms with Crippen molar-refractivity contribution in [2.24, 2.45) is 0 Å². The first-order valence-corrected chi connectivity index (χ1v) is 7.08. The summed E-state index contributed by atoms with van der Waals surface area (Å²) >= 11 is 6.25. The molecular weight excluding hydrogens is 304 g/mol. The molecule has 1 aliphatic rings. The molecule has 112 valence electrons. The molecule has 0 saturated carbocycles. The van der Waals surface area contributed by atoms with Crippen molar-refractivity contribution in [3.63, 3.8) is 0 Å². The summed E-state index contributed by atoms with van der Waals surface area (Å²) < 4.78 is 12.1. The van der Waals surface area contributed by atoms with Gasteiger partial charge in [-0.15, -0.1) is 0 Å². The fraction of sp³-hybridized carbons (Fsp3) is 0.250. The number of ether oxygens (including phenoxy) is 2. The van der Waals surface area contributed by atoms with Crippen LogP contribution < -0.4 is 15.0 Å². The zero-order valence-electron chi connectivity index (χ0n) is 12.1. The van der Waals surface area contributed by atoms with E-state index in [0.717, 1.165) is 11.3 Å². The normalized spacial score (nSPS) is 12.3. The zero-order chi connectivity index (χ0) is 15.9. The first-order valence-electron chi connectivity index (χ1n) is 6.70. The lowest BCUT2D eigenvalue weighted by molar-refractivity contribution is 0.174. The third-order valence-electron chi connectivity index (χ3n) is 3.69. The standard InChI is InChI=1S/C16H13ClN2O3/c1-9-3-10(2)19(16(20)12(9)6-18)7-11-4-14-15(5-13(11)17)22-8-21-14/h3-5H,7-8H2,1-2H3. The molecule has 22 heavy (non-hydrogen) atoms. The number of rotatable bonds is 2. The minimum atomic E-state index is -0.311. The summed E-state index contributed by atoms with van der Waals surface area (Å²) in [6, 6.07) is 7.23. The van der Waals surface area contributed by atoms with Gasteiger partial charge in [0.1, 0.15) is 11.6 Å². The van der Waals surface area contributed by atoms with E-state index in [1.54, 1.807) is 19.1 Å². The van der Waals surface area contributed by atoms with Crippen molar-refractivity contribution in [3.05, 3.63) is 56.0 Å². The van der Waals surface area contributed by atoms with Gasteiger partial charge in [0.25, 0.3) is 5.56 Å². The van der Waals surface area contributed by atoms with Gasteiger partial charge < -0.3 is 14.0 Å². The molecule has 5 nitrogen and oxygen atoms in total. The van der Waals surface area contributed by atoms with E-state index in [4.69, 9.17) is 26.3 Å². The molecule has 3 rings (SSSR count). The van der Waals surface area contributed by atoms with E-state index in [1.807, 2.05) is 19.1 Å². The highest BCUT2D eigenvalue weighted by molar-refractivity contribution is 6.31. The first-order chi connectivity index (χ1) is 10.5. The molecule has 0 fully saturated rings. The molecule has 0 radical (unpaired) electrons. The van der Waals surface area contributed by atoms with Crippen LogP contribution in [0, 0.1) is 25.2 Å². The third-order valence-corrected chi connectivity index (χ3v) is 4.04. The molecule has 0 N–H and O–H groups in total. The number of hydrogen-bond donors (Lipinski definition) is 0. The number of fused-ring (bicyclic) bond motifs is 1. The maximum Gasteiger partial charge on any atom is 0.269 e. The van der Waals surface area contributed by atoms with Crippen molar-refractivity contribution in [3.8, 4) is 17.6 Å². The van der Waals surface area contributed by atoms with Crippen LogP contribution in [0.2, 0.25) is 5.02 Å². The van der Waals surface area contributed by atoms with E-state index in [2.05, 4.69) is 0 Å². The Bertz CT molecular complexity index is 865. The smallest absolute Gasteiger partial charge is 0.269 e. The molecule has 1 aromatic heterocycles. The number of aryl methyl sites for hydroxylation is 2. The molecule has 0 unspecified atom stereocenters. The second-order valence-electron chi connectivity index (χ2n) is 5.14.